The van der Waals surface area contributed by atoms with E-state index in [1.54, 1.807) is 31.3 Å². The molecular weight excluding hydrogens is 184 g/mol. The number of amides is 1. The Morgan fingerprint density at radius 2 is 2.07 bits per heavy atom. The predicted octanol–water partition coefficient (Wildman–Crippen LogP) is 1.39. The van der Waals surface area contributed by atoms with Crippen LogP contribution in [-0.4, -0.2) is 26.2 Å². The number of halogens is 1. The first kappa shape index (κ1) is 10.5. The number of ether oxygens (including phenoxy) is 1. The van der Waals surface area contributed by atoms with Gasteiger partial charge in [0.15, 0.2) is 0 Å². The number of benzene rings is 1. The Labute approximate surface area is 81.9 Å². The number of rotatable bonds is 4. The van der Waals surface area contributed by atoms with Gasteiger partial charge in [0.05, 0.1) is 0 Å². The first-order valence-corrected chi connectivity index (χ1v) is 4.29. The van der Waals surface area contributed by atoms with Gasteiger partial charge >= 0.3 is 0 Å². The highest BCUT2D eigenvalue weighted by Crippen LogP contribution is 2.11. The Balaban J connectivity index is 2.63. The second-order valence-electron chi connectivity index (χ2n) is 2.64. The summed E-state index contributed by atoms with van der Waals surface area (Å²) >= 11 is 0. The van der Waals surface area contributed by atoms with Crippen LogP contribution in [0.5, 0.6) is 5.75 Å². The molecule has 1 N–H and O–H groups in total. The van der Waals surface area contributed by atoms with Gasteiger partial charge in [-0.15, -0.1) is 0 Å². The average Bonchev–Trinajstić information content (AvgIpc) is 2.26. The van der Waals surface area contributed by atoms with E-state index in [4.69, 9.17) is 4.74 Å². The average molecular weight is 196 g/mol. The first-order chi connectivity index (χ1) is 6.77. The van der Waals surface area contributed by atoms with Crippen LogP contribution < -0.4 is 10.1 Å². The number of nitrogens with one attached hydrogen (secondary N) is 1. The van der Waals surface area contributed by atoms with E-state index >= 15 is 0 Å². The third kappa shape index (κ3) is 2.73. The Morgan fingerprint density at radius 3 is 2.57 bits per heavy atom. The molecule has 3 nitrogen and oxygen atoms in total. The van der Waals surface area contributed by atoms with E-state index in [9.17, 15) is 9.18 Å². The molecule has 0 aromatic heterocycles. The summed E-state index contributed by atoms with van der Waals surface area (Å²) in [6.07, 6.45) is 0. The zero-order valence-corrected chi connectivity index (χ0v) is 7.92. The van der Waals surface area contributed by atoms with Crippen LogP contribution in [0.15, 0.2) is 24.3 Å². The van der Waals surface area contributed by atoms with Crippen molar-refractivity contribution in [2.45, 2.75) is 0 Å². The standard InChI is InChI=1S/C10H12FNO2/c1-12-10(13)8-2-4-9(5-3-8)14-7-6-11/h2-5H,6-7H2,1H3,(H,12,13)/i11-1. The highest BCUT2D eigenvalue weighted by atomic mass is 18.2. The molecule has 1 amide bonds. The molecule has 76 valence electrons. The summed E-state index contributed by atoms with van der Waals surface area (Å²) in [6.45, 7) is -0.476. The Kier molecular flexibility index (Phi) is 3.91. The minimum atomic E-state index is -0.517. The van der Waals surface area contributed by atoms with E-state index in [2.05, 4.69) is 5.32 Å². The van der Waals surface area contributed by atoms with Crippen LogP contribution in [0.2, 0.25) is 0 Å². The van der Waals surface area contributed by atoms with Gasteiger partial charge < -0.3 is 10.1 Å². The van der Waals surface area contributed by atoms with Gasteiger partial charge in [-0.1, -0.05) is 0 Å². The molecule has 1 aromatic rings. The van der Waals surface area contributed by atoms with E-state index in [0.29, 0.717) is 11.3 Å². The van der Waals surface area contributed by atoms with Gasteiger partial charge in [0.25, 0.3) is 5.91 Å². The fourth-order valence-electron chi connectivity index (χ4n) is 1.00. The van der Waals surface area contributed by atoms with Crippen molar-refractivity contribution in [3.05, 3.63) is 29.8 Å². The monoisotopic (exact) mass is 196 g/mol. The number of carbonyl (C=O) groups is 1. The molecule has 0 radical (unpaired) electrons. The minimum Gasteiger partial charge on any atom is -0.491 e. The second kappa shape index (κ2) is 5.21. The van der Waals surface area contributed by atoms with Crippen molar-refractivity contribution < 1.29 is 13.9 Å². The molecule has 1 aromatic carbocycles. The topological polar surface area (TPSA) is 38.3 Å². The van der Waals surface area contributed by atoms with Crippen LogP contribution in [-0.2, 0) is 0 Å². The summed E-state index contributed by atoms with van der Waals surface area (Å²) in [7, 11) is 1.57. The lowest BCUT2D eigenvalue weighted by molar-refractivity contribution is 0.0963. The van der Waals surface area contributed by atoms with Crippen LogP contribution in [0.25, 0.3) is 0 Å². The van der Waals surface area contributed by atoms with Crippen LogP contribution in [0.3, 0.4) is 0 Å². The quantitative estimate of drug-likeness (QED) is 0.790. The van der Waals surface area contributed by atoms with Gasteiger partial charge in [-0.3, -0.25) is 4.79 Å². The van der Waals surface area contributed by atoms with Crippen molar-refractivity contribution in [3.8, 4) is 5.75 Å². The number of hydrogen-bond donors (Lipinski definition) is 1. The number of hydrogen-bond acceptors (Lipinski definition) is 2. The molecule has 0 heterocycles. The summed E-state index contributed by atoms with van der Waals surface area (Å²) in [5, 5.41) is 2.50. The molecule has 0 atom stereocenters. The molecule has 0 aliphatic heterocycles. The smallest absolute Gasteiger partial charge is 0.251 e. The third-order valence-electron chi connectivity index (χ3n) is 1.69. The lowest BCUT2D eigenvalue weighted by Crippen LogP contribution is -2.17. The third-order valence-corrected chi connectivity index (χ3v) is 1.69. The van der Waals surface area contributed by atoms with E-state index in [0.717, 1.165) is 0 Å². The minimum absolute atomic E-state index is 0.0410. The molecule has 0 unspecified atom stereocenters. The molecule has 0 bridgehead atoms. The molecule has 0 aliphatic carbocycles. The number of carbonyl (C=O) groups excluding carboxylic acids is 1. The molecule has 4 heteroatoms. The molecule has 0 aliphatic rings. The number of alkyl halides is 1. The van der Waals surface area contributed by atoms with Crippen molar-refractivity contribution in [2.24, 2.45) is 0 Å². The van der Waals surface area contributed by atoms with E-state index < -0.39 is 6.67 Å². The largest absolute Gasteiger partial charge is 0.491 e. The van der Waals surface area contributed by atoms with Gasteiger partial charge in [0, 0.05) is 12.6 Å². The molecule has 0 saturated carbocycles. The van der Waals surface area contributed by atoms with Crippen LogP contribution in [0.1, 0.15) is 10.4 Å². The Hall–Kier alpha value is -1.58. The molecule has 0 fully saturated rings. The van der Waals surface area contributed by atoms with Crippen molar-refractivity contribution >= 4 is 5.91 Å². The van der Waals surface area contributed by atoms with Gasteiger partial charge in [-0.2, -0.15) is 0 Å². The summed E-state index contributed by atoms with van der Waals surface area (Å²) in [6, 6.07) is 6.54. The summed E-state index contributed by atoms with van der Waals surface area (Å²) in [5.41, 5.74) is 0.556. The van der Waals surface area contributed by atoms with Crippen LogP contribution >= 0.6 is 0 Å². The van der Waals surface area contributed by atoms with E-state index in [1.165, 1.54) is 0 Å². The fraction of sp³-hybridized carbons (Fsp3) is 0.300. The van der Waals surface area contributed by atoms with Gasteiger partial charge in [-0.05, 0) is 24.3 Å². The van der Waals surface area contributed by atoms with Crippen molar-refractivity contribution in [1.82, 2.24) is 5.32 Å². The summed E-state index contributed by atoms with van der Waals surface area (Å²) < 4.78 is 16.8. The van der Waals surface area contributed by atoms with Crippen molar-refractivity contribution in [2.75, 3.05) is 20.3 Å². The van der Waals surface area contributed by atoms with Gasteiger partial charge in [-0.25, -0.2) is 4.39 Å². The Morgan fingerprint density at radius 1 is 1.43 bits per heavy atom. The fourth-order valence-corrected chi connectivity index (χ4v) is 1.00. The van der Waals surface area contributed by atoms with Crippen LogP contribution in [0, 0.1) is 0 Å². The Bertz CT molecular complexity index is 297. The molecule has 1 rings (SSSR count). The highest BCUT2D eigenvalue weighted by Gasteiger charge is 2.01. The molecule has 14 heavy (non-hydrogen) atoms. The second-order valence-corrected chi connectivity index (χ2v) is 2.64. The zero-order chi connectivity index (χ0) is 10.4. The summed E-state index contributed by atoms with van der Waals surface area (Å²) in [4.78, 5) is 11.1. The maximum Gasteiger partial charge on any atom is 0.251 e. The maximum absolute atomic E-state index is 11.8. The first-order valence-electron chi connectivity index (χ1n) is 4.29. The van der Waals surface area contributed by atoms with Gasteiger partial charge in [0.2, 0.25) is 0 Å². The molecular formula is C10H12FNO2. The highest BCUT2D eigenvalue weighted by molar-refractivity contribution is 5.94. The molecule has 0 spiro atoms. The molecule has 0 saturated heterocycles. The van der Waals surface area contributed by atoms with E-state index in [1.807, 2.05) is 0 Å². The lowest BCUT2D eigenvalue weighted by atomic mass is 10.2. The summed E-state index contributed by atoms with van der Waals surface area (Å²) in [5.74, 6) is 0.414. The normalized spacial score (nSPS) is 9.57. The van der Waals surface area contributed by atoms with E-state index in [-0.39, 0.29) is 12.5 Å². The maximum atomic E-state index is 11.8. The predicted molar refractivity (Wildman–Crippen MR) is 51.3 cm³/mol. The van der Waals surface area contributed by atoms with Crippen molar-refractivity contribution in [1.29, 1.82) is 0 Å². The lowest BCUT2D eigenvalue weighted by Gasteiger charge is -2.04. The van der Waals surface area contributed by atoms with Crippen molar-refractivity contribution in [3.63, 3.8) is 0 Å². The zero-order valence-electron chi connectivity index (χ0n) is 7.92. The van der Waals surface area contributed by atoms with Crippen LogP contribution in [0.4, 0.5) is 4.39 Å². The SMILES string of the molecule is CNC(=O)c1ccc(OCC[18F])cc1. The van der Waals surface area contributed by atoms with Gasteiger partial charge in [0.1, 0.15) is 19.0 Å².